The summed E-state index contributed by atoms with van der Waals surface area (Å²) in [6.07, 6.45) is -4.37. The molecule has 0 spiro atoms. The van der Waals surface area contributed by atoms with Gasteiger partial charge >= 0.3 is 18.2 Å². The number of ether oxygens (including phenoxy) is 1. The van der Waals surface area contributed by atoms with E-state index in [0.29, 0.717) is 29.9 Å². The molecule has 0 aromatic heterocycles. The predicted molar refractivity (Wildman–Crippen MR) is 87.1 cm³/mol. The Morgan fingerprint density at radius 1 is 1.23 bits per heavy atom. The minimum absolute atomic E-state index is 0.0769. The van der Waals surface area contributed by atoms with E-state index in [4.69, 9.17) is 4.74 Å². The SMILES string of the molecule is CCOC(=O)C1=C(C[NH+](C)Cc2ccc(C(F)(F)F)cc2)NC(=O)NC1. The van der Waals surface area contributed by atoms with Crippen molar-refractivity contribution in [3.8, 4) is 0 Å². The van der Waals surface area contributed by atoms with Gasteiger partial charge in [0.1, 0.15) is 13.1 Å². The molecule has 0 saturated carbocycles. The highest BCUT2D eigenvalue weighted by Crippen LogP contribution is 2.28. The van der Waals surface area contributed by atoms with Gasteiger partial charge in [-0.05, 0) is 19.1 Å². The molecule has 1 aromatic rings. The summed E-state index contributed by atoms with van der Waals surface area (Å²) in [4.78, 5) is 24.4. The van der Waals surface area contributed by atoms with Crippen molar-refractivity contribution < 1.29 is 32.4 Å². The van der Waals surface area contributed by atoms with Crippen LogP contribution in [-0.2, 0) is 22.3 Å². The number of amides is 2. The minimum atomic E-state index is -4.37. The van der Waals surface area contributed by atoms with E-state index in [0.717, 1.165) is 17.0 Å². The van der Waals surface area contributed by atoms with Crippen LogP contribution in [0.2, 0.25) is 0 Å². The Kier molecular flexibility index (Phi) is 6.25. The number of carbonyl (C=O) groups is 2. The predicted octanol–water partition coefficient (Wildman–Crippen LogP) is 0.850. The molecule has 142 valence electrons. The largest absolute Gasteiger partial charge is 0.463 e. The third-order valence-electron chi connectivity index (χ3n) is 3.84. The summed E-state index contributed by atoms with van der Waals surface area (Å²) in [7, 11) is 1.82. The van der Waals surface area contributed by atoms with Crippen LogP contribution in [0.15, 0.2) is 35.5 Å². The van der Waals surface area contributed by atoms with Gasteiger partial charge in [-0.15, -0.1) is 0 Å². The molecule has 0 saturated heterocycles. The number of alkyl halides is 3. The first-order chi connectivity index (χ1) is 12.2. The van der Waals surface area contributed by atoms with Crippen molar-refractivity contribution in [2.75, 3.05) is 26.7 Å². The maximum absolute atomic E-state index is 12.6. The fraction of sp³-hybridized carbons (Fsp3) is 0.412. The first-order valence-electron chi connectivity index (χ1n) is 8.12. The van der Waals surface area contributed by atoms with Crippen LogP contribution in [0.25, 0.3) is 0 Å². The number of hydrogen-bond acceptors (Lipinski definition) is 3. The van der Waals surface area contributed by atoms with E-state index >= 15 is 0 Å². The smallest absolute Gasteiger partial charge is 0.416 e. The van der Waals surface area contributed by atoms with Gasteiger partial charge in [0, 0.05) is 5.56 Å². The summed E-state index contributed by atoms with van der Waals surface area (Å²) >= 11 is 0. The molecule has 2 rings (SSSR count). The zero-order chi connectivity index (χ0) is 19.3. The maximum Gasteiger partial charge on any atom is 0.416 e. The Bertz CT molecular complexity index is 699. The van der Waals surface area contributed by atoms with E-state index in [1.165, 1.54) is 12.1 Å². The Morgan fingerprint density at radius 2 is 1.88 bits per heavy atom. The quantitative estimate of drug-likeness (QED) is 0.649. The molecule has 2 amide bonds. The van der Waals surface area contributed by atoms with Crippen LogP contribution in [-0.4, -0.2) is 38.7 Å². The van der Waals surface area contributed by atoms with Crippen molar-refractivity contribution >= 4 is 12.0 Å². The van der Waals surface area contributed by atoms with E-state index in [1.807, 2.05) is 7.05 Å². The number of nitrogens with one attached hydrogen (secondary N) is 3. The lowest BCUT2D eigenvalue weighted by Gasteiger charge is -2.23. The van der Waals surface area contributed by atoms with Gasteiger partial charge in [0.25, 0.3) is 0 Å². The highest BCUT2D eigenvalue weighted by molar-refractivity contribution is 5.93. The average molecular weight is 372 g/mol. The van der Waals surface area contributed by atoms with Crippen LogP contribution in [0.4, 0.5) is 18.0 Å². The molecule has 1 aromatic carbocycles. The van der Waals surface area contributed by atoms with Crippen molar-refractivity contribution in [1.29, 1.82) is 0 Å². The van der Waals surface area contributed by atoms with Crippen molar-refractivity contribution in [1.82, 2.24) is 10.6 Å². The fourth-order valence-corrected chi connectivity index (χ4v) is 2.62. The number of halogens is 3. The fourth-order valence-electron chi connectivity index (χ4n) is 2.62. The van der Waals surface area contributed by atoms with Gasteiger partial charge in [0.2, 0.25) is 0 Å². The normalized spacial score (nSPS) is 16.0. The van der Waals surface area contributed by atoms with Crippen molar-refractivity contribution in [2.24, 2.45) is 0 Å². The summed E-state index contributed by atoms with van der Waals surface area (Å²) in [5.41, 5.74) is 0.820. The number of quaternary nitrogens is 1. The highest BCUT2D eigenvalue weighted by Gasteiger charge is 2.30. The topological polar surface area (TPSA) is 71.9 Å². The lowest BCUT2D eigenvalue weighted by molar-refractivity contribution is -0.889. The van der Waals surface area contributed by atoms with Crippen LogP contribution in [0.1, 0.15) is 18.1 Å². The molecule has 3 N–H and O–H groups in total. The van der Waals surface area contributed by atoms with Gasteiger partial charge in [-0.25, -0.2) is 9.59 Å². The molecule has 0 fully saturated rings. The zero-order valence-corrected chi connectivity index (χ0v) is 14.5. The number of benzene rings is 1. The van der Waals surface area contributed by atoms with Crippen LogP contribution < -0.4 is 15.5 Å². The van der Waals surface area contributed by atoms with E-state index in [-0.39, 0.29) is 13.2 Å². The van der Waals surface area contributed by atoms with Gasteiger partial charge in [0.15, 0.2) is 0 Å². The van der Waals surface area contributed by atoms with Crippen LogP contribution in [0.5, 0.6) is 0 Å². The Labute approximate surface area is 149 Å². The molecule has 1 atom stereocenters. The Hall–Kier alpha value is -2.55. The molecule has 1 aliphatic heterocycles. The summed E-state index contributed by atoms with van der Waals surface area (Å²) < 4.78 is 42.8. The van der Waals surface area contributed by atoms with Gasteiger partial charge in [-0.3, -0.25) is 0 Å². The second-order valence-corrected chi connectivity index (χ2v) is 5.99. The molecule has 0 aliphatic carbocycles. The summed E-state index contributed by atoms with van der Waals surface area (Å²) in [5.74, 6) is -0.502. The van der Waals surface area contributed by atoms with E-state index < -0.39 is 23.7 Å². The molecular formula is C17H21F3N3O3+. The highest BCUT2D eigenvalue weighted by atomic mass is 19.4. The molecule has 1 unspecified atom stereocenters. The van der Waals surface area contributed by atoms with Gasteiger partial charge in [-0.2, -0.15) is 13.2 Å². The third-order valence-corrected chi connectivity index (χ3v) is 3.84. The van der Waals surface area contributed by atoms with Gasteiger partial charge in [-0.1, -0.05) is 12.1 Å². The van der Waals surface area contributed by atoms with Gasteiger partial charge < -0.3 is 20.3 Å². The third kappa shape index (κ3) is 5.22. The van der Waals surface area contributed by atoms with Gasteiger partial charge in [0.05, 0.1) is 37.0 Å². The van der Waals surface area contributed by atoms with Crippen LogP contribution in [0.3, 0.4) is 0 Å². The average Bonchev–Trinajstić information content (AvgIpc) is 2.54. The molecule has 9 heteroatoms. The van der Waals surface area contributed by atoms with E-state index in [9.17, 15) is 22.8 Å². The second-order valence-electron chi connectivity index (χ2n) is 5.99. The number of esters is 1. The first-order valence-corrected chi connectivity index (χ1v) is 8.12. The zero-order valence-electron chi connectivity index (χ0n) is 14.5. The van der Waals surface area contributed by atoms with Crippen molar-refractivity contribution in [3.63, 3.8) is 0 Å². The summed E-state index contributed by atoms with van der Waals surface area (Å²) in [6, 6.07) is 4.52. The van der Waals surface area contributed by atoms with E-state index in [1.54, 1.807) is 6.92 Å². The molecule has 0 bridgehead atoms. The Balaban J connectivity index is 2.07. The summed E-state index contributed by atoms with van der Waals surface area (Å²) in [6.45, 7) is 2.74. The molecule has 0 radical (unpaired) electrons. The van der Waals surface area contributed by atoms with E-state index in [2.05, 4.69) is 10.6 Å². The number of hydrogen-bond donors (Lipinski definition) is 3. The summed E-state index contributed by atoms with van der Waals surface area (Å²) in [5, 5.41) is 5.13. The lowest BCUT2D eigenvalue weighted by Crippen LogP contribution is -3.08. The van der Waals surface area contributed by atoms with Crippen molar-refractivity contribution in [2.45, 2.75) is 19.6 Å². The lowest BCUT2D eigenvalue weighted by atomic mass is 10.1. The minimum Gasteiger partial charge on any atom is -0.463 e. The molecule has 1 aliphatic rings. The number of carbonyl (C=O) groups excluding carboxylic acids is 2. The second kappa shape index (κ2) is 8.22. The monoisotopic (exact) mass is 372 g/mol. The number of urea groups is 1. The maximum atomic E-state index is 12.6. The Morgan fingerprint density at radius 3 is 2.46 bits per heavy atom. The van der Waals surface area contributed by atoms with Crippen molar-refractivity contribution in [3.05, 3.63) is 46.7 Å². The van der Waals surface area contributed by atoms with Crippen LogP contribution >= 0.6 is 0 Å². The number of rotatable bonds is 6. The molecule has 6 nitrogen and oxygen atoms in total. The molecule has 1 heterocycles. The first kappa shape index (κ1) is 19.8. The van der Waals surface area contributed by atoms with Crippen LogP contribution in [0, 0.1) is 0 Å². The standard InChI is InChI=1S/C17H20F3N3O3/c1-3-26-15(24)13-8-21-16(25)22-14(13)10-23(2)9-11-4-6-12(7-5-11)17(18,19)20/h4-7H,3,8-10H2,1-2H3,(H2,21,22,25)/p+1. The molecular weight excluding hydrogens is 351 g/mol. The number of likely N-dealkylation sites (N-methyl/N-ethyl adjacent to an activating group) is 1. The molecule has 26 heavy (non-hydrogen) atoms.